The number of hydrogen-bond acceptors (Lipinski definition) is 3. The molecule has 13 heavy (non-hydrogen) atoms. The lowest BCUT2D eigenvalue weighted by Crippen LogP contribution is -2.33. The van der Waals surface area contributed by atoms with Gasteiger partial charge >= 0.3 is 7.12 Å². The summed E-state index contributed by atoms with van der Waals surface area (Å²) in [6.07, 6.45) is 6.13. The average Bonchev–Trinajstić information content (AvgIpc) is 2.16. The zero-order chi connectivity index (χ0) is 9.84. The molecule has 0 saturated heterocycles. The van der Waals surface area contributed by atoms with Gasteiger partial charge in [-0.25, -0.2) is 0 Å². The van der Waals surface area contributed by atoms with Crippen LogP contribution in [0.4, 0.5) is 0 Å². The molecule has 0 aliphatic carbocycles. The molecule has 4 heteroatoms. The lowest BCUT2D eigenvalue weighted by Gasteiger charge is -2.06. The summed E-state index contributed by atoms with van der Waals surface area (Å²) < 4.78 is 0. The molecule has 0 unspecified atom stereocenters. The molecular weight excluding hydrogens is 165 g/mol. The first kappa shape index (κ1) is 9.70. The monoisotopic (exact) mass is 175 g/mol. The van der Waals surface area contributed by atoms with Crippen molar-refractivity contribution in [1.29, 1.82) is 0 Å². The van der Waals surface area contributed by atoms with E-state index in [1.54, 1.807) is 18.3 Å². The predicted molar refractivity (Wildman–Crippen MR) is 54.2 cm³/mol. The van der Waals surface area contributed by atoms with E-state index in [0.717, 1.165) is 5.56 Å². The van der Waals surface area contributed by atoms with Gasteiger partial charge in [0, 0.05) is 17.9 Å². The number of pyridine rings is 1. The van der Waals surface area contributed by atoms with E-state index < -0.39 is 7.12 Å². The summed E-state index contributed by atoms with van der Waals surface area (Å²) in [6.45, 7) is 7.17. The smallest absolute Gasteiger partial charge is 0.423 e. The summed E-state index contributed by atoms with van der Waals surface area (Å²) in [4.78, 5) is 3.85. The molecule has 1 aromatic heterocycles. The molecule has 0 atom stereocenters. The lowest BCUT2D eigenvalue weighted by atomic mass is 9.77. The van der Waals surface area contributed by atoms with Crippen molar-refractivity contribution in [1.82, 2.24) is 4.98 Å². The Hall–Kier alpha value is -1.39. The van der Waals surface area contributed by atoms with Crippen LogP contribution in [0, 0.1) is 0 Å². The van der Waals surface area contributed by atoms with Gasteiger partial charge in [-0.15, -0.1) is 0 Å². The normalized spacial score (nSPS) is 9.38. The van der Waals surface area contributed by atoms with E-state index in [2.05, 4.69) is 18.1 Å². The summed E-state index contributed by atoms with van der Waals surface area (Å²) in [6, 6.07) is 0. The molecule has 1 heterocycles. The zero-order valence-electron chi connectivity index (χ0n) is 7.14. The van der Waals surface area contributed by atoms with Crippen LogP contribution in [0.1, 0.15) is 11.1 Å². The highest BCUT2D eigenvalue weighted by atomic mass is 16.4. The zero-order valence-corrected chi connectivity index (χ0v) is 7.14. The maximum absolute atomic E-state index is 8.99. The fraction of sp³-hybridized carbons (Fsp3) is 0. The molecule has 0 radical (unpaired) electrons. The lowest BCUT2D eigenvalue weighted by molar-refractivity contribution is 0.425. The van der Waals surface area contributed by atoms with E-state index in [9.17, 15) is 0 Å². The van der Waals surface area contributed by atoms with E-state index >= 15 is 0 Å². The third-order valence-corrected chi connectivity index (χ3v) is 1.75. The summed E-state index contributed by atoms with van der Waals surface area (Å²) in [5.74, 6) is 0. The van der Waals surface area contributed by atoms with Crippen molar-refractivity contribution in [3.05, 3.63) is 36.7 Å². The molecule has 0 aliphatic heterocycles. The molecule has 1 rings (SSSR count). The van der Waals surface area contributed by atoms with Crippen LogP contribution in [0.5, 0.6) is 0 Å². The van der Waals surface area contributed by atoms with Crippen molar-refractivity contribution in [2.45, 2.75) is 0 Å². The van der Waals surface area contributed by atoms with Crippen LogP contribution < -0.4 is 5.46 Å². The highest BCUT2D eigenvalue weighted by Gasteiger charge is 2.16. The number of aromatic nitrogens is 1. The van der Waals surface area contributed by atoms with Gasteiger partial charge in [-0.1, -0.05) is 25.3 Å². The van der Waals surface area contributed by atoms with Crippen LogP contribution in [-0.2, 0) is 0 Å². The third-order valence-electron chi connectivity index (χ3n) is 1.75. The standard InChI is InChI=1S/C9H10BNO2/c1-3-7-5-11-6-9(10(12)13)8(7)4-2/h3-6,12-13H,1-2H2. The molecule has 0 fully saturated rings. The van der Waals surface area contributed by atoms with Gasteiger partial charge in [-0.2, -0.15) is 0 Å². The first-order chi connectivity index (χ1) is 6.20. The van der Waals surface area contributed by atoms with Crippen molar-refractivity contribution in [2.24, 2.45) is 0 Å². The fourth-order valence-corrected chi connectivity index (χ4v) is 1.11. The van der Waals surface area contributed by atoms with Crippen LogP contribution in [0.15, 0.2) is 25.6 Å². The van der Waals surface area contributed by atoms with Crippen molar-refractivity contribution < 1.29 is 10.0 Å². The fourth-order valence-electron chi connectivity index (χ4n) is 1.11. The Bertz CT molecular complexity index is 336. The summed E-state index contributed by atoms with van der Waals surface area (Å²) in [5.41, 5.74) is 1.73. The van der Waals surface area contributed by atoms with Crippen LogP contribution in [0.2, 0.25) is 0 Å². The van der Waals surface area contributed by atoms with Crippen LogP contribution in [0.3, 0.4) is 0 Å². The molecule has 0 bridgehead atoms. The summed E-state index contributed by atoms with van der Waals surface area (Å²) in [7, 11) is -1.53. The highest BCUT2D eigenvalue weighted by Crippen LogP contribution is 2.07. The molecule has 66 valence electrons. The first-order valence-corrected chi connectivity index (χ1v) is 3.79. The minimum Gasteiger partial charge on any atom is -0.423 e. The largest absolute Gasteiger partial charge is 0.490 e. The van der Waals surface area contributed by atoms with Crippen molar-refractivity contribution >= 4 is 24.7 Å². The van der Waals surface area contributed by atoms with Crippen LogP contribution >= 0.6 is 0 Å². The van der Waals surface area contributed by atoms with E-state index in [4.69, 9.17) is 10.0 Å². The molecular formula is C9H10BNO2. The molecule has 1 aromatic rings. The third kappa shape index (κ3) is 1.85. The minimum atomic E-state index is -1.53. The Morgan fingerprint density at radius 1 is 1.23 bits per heavy atom. The second-order valence-electron chi connectivity index (χ2n) is 2.51. The Kier molecular flexibility index (Phi) is 3.00. The number of hydrogen-bond donors (Lipinski definition) is 2. The summed E-state index contributed by atoms with van der Waals surface area (Å²) >= 11 is 0. The topological polar surface area (TPSA) is 53.4 Å². The second kappa shape index (κ2) is 4.02. The second-order valence-corrected chi connectivity index (χ2v) is 2.51. The van der Waals surface area contributed by atoms with E-state index in [1.807, 2.05) is 0 Å². The Morgan fingerprint density at radius 2 is 1.92 bits per heavy atom. The van der Waals surface area contributed by atoms with Gasteiger partial charge in [0.2, 0.25) is 0 Å². The number of nitrogens with zero attached hydrogens (tertiary/aromatic N) is 1. The maximum atomic E-state index is 8.99. The van der Waals surface area contributed by atoms with Crippen LogP contribution in [-0.4, -0.2) is 22.2 Å². The van der Waals surface area contributed by atoms with Gasteiger partial charge in [0.25, 0.3) is 0 Å². The Morgan fingerprint density at radius 3 is 2.38 bits per heavy atom. The van der Waals surface area contributed by atoms with Gasteiger partial charge in [0.05, 0.1) is 0 Å². The Balaban J connectivity index is 3.35. The molecule has 2 N–H and O–H groups in total. The molecule has 0 spiro atoms. The van der Waals surface area contributed by atoms with E-state index in [1.165, 1.54) is 6.20 Å². The van der Waals surface area contributed by atoms with Crippen LogP contribution in [0.25, 0.3) is 12.2 Å². The van der Waals surface area contributed by atoms with Gasteiger partial charge < -0.3 is 10.0 Å². The van der Waals surface area contributed by atoms with Crippen molar-refractivity contribution in [3.8, 4) is 0 Å². The molecule has 0 aliphatic rings. The average molecular weight is 175 g/mol. The van der Waals surface area contributed by atoms with Gasteiger partial charge in [-0.3, -0.25) is 4.98 Å². The van der Waals surface area contributed by atoms with E-state index in [-0.39, 0.29) is 0 Å². The van der Waals surface area contributed by atoms with Crippen molar-refractivity contribution in [3.63, 3.8) is 0 Å². The van der Waals surface area contributed by atoms with Crippen molar-refractivity contribution in [2.75, 3.05) is 0 Å². The summed E-state index contributed by atoms with van der Waals surface area (Å²) in [5, 5.41) is 18.0. The SMILES string of the molecule is C=Cc1cncc(B(O)O)c1C=C. The quantitative estimate of drug-likeness (QED) is 0.638. The molecule has 3 nitrogen and oxygen atoms in total. The van der Waals surface area contributed by atoms with E-state index in [0.29, 0.717) is 11.0 Å². The molecule has 0 amide bonds. The first-order valence-electron chi connectivity index (χ1n) is 3.79. The molecule has 0 saturated carbocycles. The Labute approximate surface area is 77.2 Å². The van der Waals surface area contributed by atoms with Gasteiger partial charge in [0.15, 0.2) is 0 Å². The highest BCUT2D eigenvalue weighted by molar-refractivity contribution is 6.59. The molecule has 0 aromatic carbocycles. The van der Waals surface area contributed by atoms with Gasteiger partial charge in [-0.05, 0) is 11.1 Å². The number of rotatable bonds is 3. The maximum Gasteiger partial charge on any atom is 0.490 e. The van der Waals surface area contributed by atoms with Gasteiger partial charge in [0.1, 0.15) is 0 Å². The predicted octanol–water partition coefficient (Wildman–Crippen LogP) is 0.0474. The minimum absolute atomic E-state index is 0.340.